The highest BCUT2D eigenvalue weighted by Crippen LogP contribution is 2.54. The van der Waals surface area contributed by atoms with E-state index in [9.17, 15) is 4.79 Å². The summed E-state index contributed by atoms with van der Waals surface area (Å²) in [6, 6.07) is 10.9. The molecule has 2 N–H and O–H groups in total. The van der Waals surface area contributed by atoms with Crippen LogP contribution < -0.4 is 15.0 Å². The van der Waals surface area contributed by atoms with E-state index in [1.54, 1.807) is 36.0 Å². The molecule has 1 spiro atoms. The van der Waals surface area contributed by atoms with Crippen LogP contribution >= 0.6 is 22.9 Å². The van der Waals surface area contributed by atoms with Gasteiger partial charge in [0.1, 0.15) is 46.5 Å². The van der Waals surface area contributed by atoms with Crippen molar-refractivity contribution in [3.05, 3.63) is 122 Å². The van der Waals surface area contributed by atoms with Crippen molar-refractivity contribution in [3.63, 3.8) is 0 Å². The number of nitriles is 1. The van der Waals surface area contributed by atoms with E-state index in [0.717, 1.165) is 72.0 Å². The van der Waals surface area contributed by atoms with Gasteiger partial charge in [-0.1, -0.05) is 39.3 Å². The fourth-order valence-electron chi connectivity index (χ4n) is 10.7. The number of benzene rings is 2. The van der Waals surface area contributed by atoms with Crippen LogP contribution in [0.2, 0.25) is 5.02 Å². The molecule has 0 bridgehead atoms. The molecular weight excluding hydrogens is 879 g/mol. The highest BCUT2D eigenvalue weighted by Gasteiger charge is 2.53. The number of anilines is 1. The van der Waals surface area contributed by atoms with Gasteiger partial charge in [-0.05, 0) is 105 Å². The molecule has 66 heavy (non-hydrogen) atoms. The third-order valence-electron chi connectivity index (χ3n) is 13.7. The maximum Gasteiger partial charge on any atom is 0.254 e. The van der Waals surface area contributed by atoms with Crippen LogP contribution in [0.15, 0.2) is 70.7 Å². The number of nitrogens with zero attached hydrogens (tertiary/aromatic N) is 9. The molecule has 6 aromatic rings. The molecule has 10 rings (SSSR count). The van der Waals surface area contributed by atoms with Crippen molar-refractivity contribution in [2.24, 2.45) is 21.2 Å². The van der Waals surface area contributed by atoms with E-state index in [0.29, 0.717) is 52.2 Å². The molecule has 6 heterocycles. The van der Waals surface area contributed by atoms with Crippen molar-refractivity contribution in [3.8, 4) is 22.6 Å². The van der Waals surface area contributed by atoms with Crippen molar-refractivity contribution in [1.82, 2.24) is 35.0 Å². The smallest absolute Gasteiger partial charge is 0.254 e. The Morgan fingerprint density at radius 3 is 2.41 bits per heavy atom. The topological polar surface area (TPSA) is 180 Å². The number of hydrogen-bond donors (Lipinski definition) is 2. The molecule has 2 aliphatic heterocycles. The van der Waals surface area contributed by atoms with Crippen molar-refractivity contribution >= 4 is 40.5 Å². The van der Waals surface area contributed by atoms with Gasteiger partial charge in [0.2, 0.25) is 5.95 Å². The van der Waals surface area contributed by atoms with Crippen LogP contribution in [0.3, 0.4) is 0 Å². The summed E-state index contributed by atoms with van der Waals surface area (Å²) in [6.07, 6.45) is 11.7. The summed E-state index contributed by atoms with van der Waals surface area (Å²) in [5.41, 5.74) is 4.12. The maximum atomic E-state index is 16.3. The molecule has 1 unspecified atom stereocenters. The molecule has 1 amide bonds. The van der Waals surface area contributed by atoms with Crippen molar-refractivity contribution in [1.29, 1.82) is 5.26 Å². The number of thiophene rings is 1. The SMILES string of the molecule is Cc1sc2c(c1C)C(c1ccc(OC3CC4(CCN(c5ncc(C(=O)NC6C(C)(C)CC6(C)C)cn5)CC4)C3)cc1F)=NC(Cc1ncco1)c1nnc(C)n1-2.N#Cc1ccc(O)cc1Cl. The molecule has 2 aromatic carbocycles. The van der Waals surface area contributed by atoms with Gasteiger partial charge in [0.25, 0.3) is 5.91 Å². The lowest BCUT2D eigenvalue weighted by atomic mass is 9.52. The van der Waals surface area contributed by atoms with Gasteiger partial charge in [0.15, 0.2) is 11.7 Å². The van der Waals surface area contributed by atoms with Gasteiger partial charge < -0.3 is 24.5 Å². The Labute approximate surface area is 392 Å². The zero-order valence-corrected chi connectivity index (χ0v) is 39.6. The molecule has 17 heteroatoms. The van der Waals surface area contributed by atoms with Crippen LogP contribution in [0.1, 0.15) is 121 Å². The molecule has 4 aliphatic rings. The van der Waals surface area contributed by atoms with Gasteiger partial charge in [-0.2, -0.15) is 5.26 Å². The van der Waals surface area contributed by atoms with E-state index in [-0.39, 0.29) is 50.9 Å². The van der Waals surface area contributed by atoms with E-state index in [4.69, 9.17) is 36.1 Å². The van der Waals surface area contributed by atoms with E-state index >= 15 is 4.39 Å². The second-order valence-corrected chi connectivity index (χ2v) is 21.0. The molecule has 14 nitrogen and oxygen atoms in total. The van der Waals surface area contributed by atoms with Gasteiger partial charge in [-0.25, -0.2) is 19.3 Å². The van der Waals surface area contributed by atoms with E-state index in [2.05, 4.69) is 76.9 Å². The molecule has 1 atom stereocenters. The summed E-state index contributed by atoms with van der Waals surface area (Å²) in [7, 11) is 0. The van der Waals surface area contributed by atoms with Crippen molar-refractivity contribution < 1.29 is 23.4 Å². The van der Waals surface area contributed by atoms with E-state index in [1.807, 2.05) is 23.6 Å². The number of hydrogen-bond acceptors (Lipinski definition) is 13. The Morgan fingerprint density at radius 2 is 1.77 bits per heavy atom. The summed E-state index contributed by atoms with van der Waals surface area (Å²) in [5, 5.41) is 30.6. The van der Waals surface area contributed by atoms with Crippen molar-refractivity contribution in [2.45, 2.75) is 105 Å². The first-order valence-electron chi connectivity index (χ1n) is 22.2. The maximum absolute atomic E-state index is 16.3. The fourth-order valence-corrected chi connectivity index (χ4v) is 12.1. The number of phenolic OH excluding ortho intramolecular Hbond substituents is 1. The van der Waals surface area contributed by atoms with Crippen LogP contribution in [0.5, 0.6) is 11.5 Å². The molecular formula is C49H52ClFN10O4S. The Morgan fingerprint density at radius 1 is 1.05 bits per heavy atom. The number of aromatic nitrogens is 6. The second-order valence-electron chi connectivity index (χ2n) is 19.4. The number of piperidine rings is 1. The number of rotatable bonds is 8. The number of fused-ring (bicyclic) bond motifs is 3. The molecule has 2 saturated carbocycles. The van der Waals surface area contributed by atoms with Crippen LogP contribution in [0.25, 0.3) is 5.00 Å². The highest BCUT2D eigenvalue weighted by atomic mass is 35.5. The first-order valence-corrected chi connectivity index (χ1v) is 23.4. The van der Waals surface area contributed by atoms with Crippen molar-refractivity contribution in [2.75, 3.05) is 18.0 Å². The van der Waals surface area contributed by atoms with Crippen LogP contribution in [0.4, 0.5) is 10.3 Å². The normalized spacial score (nSPS) is 19.2. The van der Waals surface area contributed by atoms with Crippen LogP contribution in [-0.4, -0.2) is 71.7 Å². The number of ether oxygens (including phenoxy) is 1. The summed E-state index contributed by atoms with van der Waals surface area (Å²) in [5.74, 6) is 2.67. The quantitative estimate of drug-likeness (QED) is 0.148. The van der Waals surface area contributed by atoms with Gasteiger partial charge >= 0.3 is 0 Å². The number of amides is 1. The first kappa shape index (κ1) is 45.0. The highest BCUT2D eigenvalue weighted by molar-refractivity contribution is 7.15. The number of aliphatic imine (C=N–C) groups is 1. The number of nitrogens with one attached hydrogen (secondary N) is 1. The molecule has 1 saturated heterocycles. The predicted molar refractivity (Wildman–Crippen MR) is 249 cm³/mol. The second kappa shape index (κ2) is 17.2. The van der Waals surface area contributed by atoms with Gasteiger partial charge in [0.05, 0.1) is 40.6 Å². The fraction of sp³-hybridized carbons (Fsp3) is 0.429. The third-order valence-corrected chi connectivity index (χ3v) is 15.2. The Balaban J connectivity index is 0.000000487. The molecule has 4 aromatic heterocycles. The molecule has 3 fully saturated rings. The number of aromatic hydroxyl groups is 1. The molecule has 342 valence electrons. The summed E-state index contributed by atoms with van der Waals surface area (Å²) in [6.45, 7) is 16.5. The van der Waals surface area contributed by atoms with Gasteiger partial charge in [-0.3, -0.25) is 14.4 Å². The summed E-state index contributed by atoms with van der Waals surface area (Å²) >= 11 is 7.18. The average molecular weight is 932 g/mol. The van der Waals surface area contributed by atoms with Gasteiger partial charge in [-0.15, -0.1) is 21.5 Å². The Kier molecular flexibility index (Phi) is 11.7. The number of oxazole rings is 1. The molecule has 0 radical (unpaired) electrons. The minimum Gasteiger partial charge on any atom is -0.508 e. The minimum atomic E-state index is -0.480. The summed E-state index contributed by atoms with van der Waals surface area (Å²) < 4.78 is 30.3. The Hall–Kier alpha value is -6.18. The monoisotopic (exact) mass is 930 g/mol. The average Bonchev–Trinajstić information content (AvgIpc) is 3.98. The van der Waals surface area contributed by atoms with Crippen LogP contribution in [0, 0.1) is 54.2 Å². The number of phenols is 1. The minimum absolute atomic E-state index is 0.0210. The largest absolute Gasteiger partial charge is 0.508 e. The van der Waals surface area contributed by atoms with Gasteiger partial charge in [0, 0.05) is 53.6 Å². The number of aryl methyl sites for hydroxylation is 2. The summed E-state index contributed by atoms with van der Waals surface area (Å²) in [4.78, 5) is 35.0. The third kappa shape index (κ3) is 8.54. The lowest BCUT2D eigenvalue weighted by molar-refractivity contribution is -0.0366. The first-order chi connectivity index (χ1) is 31.4. The molecule has 2 aliphatic carbocycles. The number of carbonyl (C=O) groups is 1. The standard InChI is InChI=1S/C42H48FN9O3S.C7H4ClNO/c1-23-24(2)56-37-33(23)34(47-31(17-32-44-12-15-54-32)35-50-49-25(3)52(35)37)29-9-8-27(16-30(29)43)55-28-18-42(19-28)10-13-51(14-11-42)39-45-20-26(21-46-39)36(53)48-38-40(4,5)22-41(38,6)7;8-7-3-6(10)2-1-5(7)4-9/h8-9,12,15-16,20-21,28,31,38H,10-11,13-14,17-19,22H2,1-7H3,(H,48,53);1-3,10H. The predicted octanol–water partition coefficient (Wildman–Crippen LogP) is 9.61. The zero-order chi connectivity index (χ0) is 46.7. The zero-order valence-electron chi connectivity index (χ0n) is 38.0. The lowest BCUT2D eigenvalue weighted by Crippen LogP contribution is -2.63. The number of halogens is 2. The lowest BCUT2D eigenvalue weighted by Gasteiger charge is -2.57. The van der Waals surface area contributed by atoms with E-state index in [1.165, 1.54) is 30.5 Å². The Bertz CT molecular complexity index is 2850. The van der Waals surface area contributed by atoms with E-state index < -0.39 is 6.04 Å². The van der Waals surface area contributed by atoms with Crippen LogP contribution in [-0.2, 0) is 6.42 Å². The number of carbonyl (C=O) groups excluding carboxylic acids is 1.